The second-order valence-electron chi connectivity index (χ2n) is 7.51. The summed E-state index contributed by atoms with van der Waals surface area (Å²) < 4.78 is 47.2. The first-order chi connectivity index (χ1) is 16.3. The van der Waals surface area contributed by atoms with E-state index in [4.69, 9.17) is 4.74 Å². The Balaban J connectivity index is 1.50. The number of hydrogen-bond acceptors (Lipinski definition) is 6. The maximum absolute atomic E-state index is 13.2. The highest BCUT2D eigenvalue weighted by atomic mass is 32.2. The van der Waals surface area contributed by atoms with Crippen LogP contribution in [0.15, 0.2) is 59.9 Å². The minimum atomic E-state index is -3.84. The van der Waals surface area contributed by atoms with Gasteiger partial charge in [-0.25, -0.2) is 17.8 Å². The maximum Gasteiger partial charge on any atom is 0.288 e. The van der Waals surface area contributed by atoms with Gasteiger partial charge in [-0.05, 0) is 55.3 Å². The molecule has 1 saturated heterocycles. The molecule has 4 rings (SSSR count). The zero-order valence-electron chi connectivity index (χ0n) is 18.2. The lowest BCUT2D eigenvalue weighted by atomic mass is 10.2. The van der Waals surface area contributed by atoms with Gasteiger partial charge in [0, 0.05) is 24.3 Å². The number of imidazole rings is 1. The predicted molar refractivity (Wildman–Crippen MR) is 119 cm³/mol. The van der Waals surface area contributed by atoms with Crippen LogP contribution in [0.25, 0.3) is 5.69 Å². The number of nitrogens with one attached hydrogen (secondary N) is 2. The minimum Gasteiger partial charge on any atom is -0.495 e. The number of carbonyl (C=O) groups excluding carboxylic acids is 2. The average Bonchev–Trinajstić information content (AvgIpc) is 3.55. The fourth-order valence-corrected chi connectivity index (χ4v) is 5.31. The van der Waals surface area contributed by atoms with Crippen molar-refractivity contribution in [3.05, 3.63) is 72.1 Å². The molecule has 2 N–H and O–H groups in total. The smallest absolute Gasteiger partial charge is 0.288 e. The van der Waals surface area contributed by atoms with Gasteiger partial charge in [0.05, 0.1) is 19.6 Å². The lowest BCUT2D eigenvalue weighted by Crippen LogP contribution is -2.42. The monoisotopic (exact) mass is 487 g/mol. The molecule has 0 atom stereocenters. The van der Waals surface area contributed by atoms with Crippen molar-refractivity contribution in [1.29, 1.82) is 0 Å². The number of nitrogens with zero attached hydrogens (tertiary/aromatic N) is 3. The summed E-state index contributed by atoms with van der Waals surface area (Å²) in [6, 6.07) is 9.46. The van der Waals surface area contributed by atoms with Gasteiger partial charge in [0.25, 0.3) is 11.8 Å². The molecular formula is C22H22FN5O5S. The van der Waals surface area contributed by atoms with Crippen LogP contribution in [-0.2, 0) is 10.0 Å². The molecule has 1 aliphatic heterocycles. The first-order valence-corrected chi connectivity index (χ1v) is 11.8. The van der Waals surface area contributed by atoms with Gasteiger partial charge < -0.3 is 4.74 Å². The van der Waals surface area contributed by atoms with Crippen LogP contribution in [0.2, 0.25) is 0 Å². The van der Waals surface area contributed by atoms with E-state index in [0.717, 1.165) is 12.8 Å². The summed E-state index contributed by atoms with van der Waals surface area (Å²) in [7, 11) is -2.49. The number of ether oxygens (including phenoxy) is 1. The van der Waals surface area contributed by atoms with Crippen LogP contribution in [0.4, 0.5) is 4.39 Å². The van der Waals surface area contributed by atoms with E-state index in [9.17, 15) is 22.4 Å². The molecule has 10 nitrogen and oxygen atoms in total. The van der Waals surface area contributed by atoms with Crippen LogP contribution in [0.3, 0.4) is 0 Å². The fraction of sp³-hybridized carbons (Fsp3) is 0.227. The Morgan fingerprint density at radius 2 is 1.71 bits per heavy atom. The lowest BCUT2D eigenvalue weighted by Gasteiger charge is -2.18. The van der Waals surface area contributed by atoms with Crippen molar-refractivity contribution >= 4 is 21.8 Å². The predicted octanol–water partition coefficient (Wildman–Crippen LogP) is 1.88. The van der Waals surface area contributed by atoms with E-state index in [1.54, 1.807) is 0 Å². The molecule has 2 aromatic carbocycles. The second kappa shape index (κ2) is 9.61. The molecule has 0 aliphatic carbocycles. The van der Waals surface area contributed by atoms with Crippen LogP contribution in [0, 0.1) is 5.82 Å². The van der Waals surface area contributed by atoms with Gasteiger partial charge in [-0.15, -0.1) is 0 Å². The van der Waals surface area contributed by atoms with E-state index in [-0.39, 0.29) is 21.9 Å². The number of sulfonamides is 1. The quantitative estimate of drug-likeness (QED) is 0.512. The Labute approximate surface area is 195 Å². The van der Waals surface area contributed by atoms with Crippen molar-refractivity contribution in [3.63, 3.8) is 0 Å². The van der Waals surface area contributed by atoms with E-state index in [0.29, 0.717) is 18.8 Å². The number of amides is 2. The van der Waals surface area contributed by atoms with Crippen molar-refractivity contribution in [2.24, 2.45) is 0 Å². The van der Waals surface area contributed by atoms with E-state index in [2.05, 4.69) is 15.8 Å². The molecule has 0 unspecified atom stereocenters. The lowest BCUT2D eigenvalue weighted by molar-refractivity contribution is 0.0842. The number of methoxy groups -OCH3 is 1. The van der Waals surface area contributed by atoms with Crippen LogP contribution < -0.4 is 15.6 Å². The highest BCUT2D eigenvalue weighted by Gasteiger charge is 2.30. The molecule has 0 radical (unpaired) electrons. The molecule has 34 heavy (non-hydrogen) atoms. The molecule has 178 valence electrons. The topological polar surface area (TPSA) is 123 Å². The van der Waals surface area contributed by atoms with Crippen LogP contribution in [0.1, 0.15) is 33.7 Å². The Hall–Kier alpha value is -3.77. The summed E-state index contributed by atoms with van der Waals surface area (Å²) in [5, 5.41) is 0. The largest absolute Gasteiger partial charge is 0.495 e. The molecule has 2 heterocycles. The number of hydrazine groups is 1. The van der Waals surface area contributed by atoms with E-state index in [1.807, 2.05) is 0 Å². The van der Waals surface area contributed by atoms with Gasteiger partial charge in [0.2, 0.25) is 10.0 Å². The Bertz CT molecular complexity index is 1320. The number of carbonyl (C=O) groups is 2. The van der Waals surface area contributed by atoms with Crippen LogP contribution >= 0.6 is 0 Å². The number of hydrogen-bond donors (Lipinski definition) is 2. The third-order valence-electron chi connectivity index (χ3n) is 5.37. The molecule has 2 amide bonds. The minimum absolute atomic E-state index is 0.0194. The third-order valence-corrected chi connectivity index (χ3v) is 7.29. The summed E-state index contributed by atoms with van der Waals surface area (Å²) >= 11 is 0. The van der Waals surface area contributed by atoms with E-state index in [1.165, 1.54) is 71.0 Å². The molecule has 1 fully saturated rings. The number of halogens is 1. The summed E-state index contributed by atoms with van der Waals surface area (Å²) in [5.74, 6) is -1.70. The maximum atomic E-state index is 13.2. The molecule has 1 aliphatic rings. The number of aromatic nitrogens is 2. The normalized spacial score (nSPS) is 14.1. The first kappa shape index (κ1) is 23.4. The highest BCUT2D eigenvalue weighted by molar-refractivity contribution is 7.89. The van der Waals surface area contributed by atoms with Crippen LogP contribution in [0.5, 0.6) is 5.75 Å². The summed E-state index contributed by atoms with van der Waals surface area (Å²) in [4.78, 5) is 29.1. The summed E-state index contributed by atoms with van der Waals surface area (Å²) in [6.45, 7) is 0.805. The van der Waals surface area contributed by atoms with Crippen molar-refractivity contribution in [2.75, 3.05) is 20.2 Å². The zero-order valence-corrected chi connectivity index (χ0v) is 19.0. The Kier molecular flexibility index (Phi) is 6.61. The zero-order chi connectivity index (χ0) is 24.3. The Morgan fingerprint density at radius 1 is 1.03 bits per heavy atom. The highest BCUT2D eigenvalue weighted by Crippen LogP contribution is 2.29. The van der Waals surface area contributed by atoms with Gasteiger partial charge in [0.1, 0.15) is 22.2 Å². The molecule has 0 bridgehead atoms. The molecule has 1 aromatic heterocycles. The first-order valence-electron chi connectivity index (χ1n) is 10.4. The molecule has 0 spiro atoms. The SMILES string of the molecule is COc1ccc(C(=O)NNC(=O)c2cncn2-c2ccc(F)cc2)cc1S(=O)(=O)N1CCCC1. The van der Waals surface area contributed by atoms with Gasteiger partial charge in [-0.3, -0.25) is 25.0 Å². The van der Waals surface area contributed by atoms with Crippen molar-refractivity contribution < 1.29 is 27.1 Å². The van der Waals surface area contributed by atoms with Gasteiger partial charge in [-0.2, -0.15) is 4.31 Å². The van der Waals surface area contributed by atoms with E-state index < -0.39 is 27.7 Å². The molecular weight excluding hydrogens is 465 g/mol. The molecule has 0 saturated carbocycles. The fourth-order valence-electron chi connectivity index (χ4n) is 3.61. The molecule has 3 aromatic rings. The van der Waals surface area contributed by atoms with Crippen molar-refractivity contribution in [3.8, 4) is 11.4 Å². The third kappa shape index (κ3) is 4.63. The molecule has 12 heteroatoms. The number of benzene rings is 2. The van der Waals surface area contributed by atoms with Gasteiger partial charge in [0.15, 0.2) is 0 Å². The number of rotatable bonds is 6. The van der Waals surface area contributed by atoms with Crippen molar-refractivity contribution in [2.45, 2.75) is 17.7 Å². The summed E-state index contributed by atoms with van der Waals surface area (Å²) in [6.07, 6.45) is 4.20. The second-order valence-corrected chi connectivity index (χ2v) is 9.42. The Morgan fingerprint density at radius 3 is 2.38 bits per heavy atom. The standard InChI is InChI=1S/C22H22FN5O5S/c1-33-19-9-4-15(12-20(19)34(31,32)27-10-2-3-11-27)21(29)25-26-22(30)18-13-24-14-28(18)17-7-5-16(23)6-8-17/h4-9,12-14H,2-3,10-11H2,1H3,(H,25,29)(H,26,30). The average molecular weight is 488 g/mol. The van der Waals surface area contributed by atoms with Crippen molar-refractivity contribution in [1.82, 2.24) is 24.7 Å². The van der Waals surface area contributed by atoms with Gasteiger partial charge in [-0.1, -0.05) is 0 Å². The summed E-state index contributed by atoms with van der Waals surface area (Å²) in [5.41, 5.74) is 5.17. The van der Waals surface area contributed by atoms with Gasteiger partial charge >= 0.3 is 0 Å². The van der Waals surface area contributed by atoms with Crippen LogP contribution in [-0.4, -0.2) is 54.3 Å². The van der Waals surface area contributed by atoms with E-state index >= 15 is 0 Å².